The van der Waals surface area contributed by atoms with Gasteiger partial charge < -0.3 is 5.11 Å². The van der Waals surface area contributed by atoms with E-state index in [-0.39, 0.29) is 18.4 Å². The molecule has 0 amide bonds. The molecule has 1 N–H and O–H groups in total. The Morgan fingerprint density at radius 2 is 2.13 bits per heavy atom. The third-order valence-electron chi connectivity index (χ3n) is 1.95. The van der Waals surface area contributed by atoms with Gasteiger partial charge in [-0.1, -0.05) is 17.7 Å². The molecule has 0 aliphatic heterocycles. The van der Waals surface area contributed by atoms with Crippen LogP contribution in [0.2, 0.25) is 5.02 Å². The first kappa shape index (κ1) is 11.9. The zero-order chi connectivity index (χ0) is 11.4. The van der Waals surface area contributed by atoms with Crippen molar-refractivity contribution in [1.29, 1.82) is 0 Å². The monoisotopic (exact) mass is 234 g/mol. The molecular formula is C10H9ClF2O2. The number of benzene rings is 1. The Balaban J connectivity index is 2.91. The normalized spacial score (nSPS) is 10.7. The molecule has 0 radical (unpaired) electrons. The quantitative estimate of drug-likeness (QED) is 0.868. The number of rotatable bonds is 4. The Bertz CT molecular complexity index is 366. The van der Waals surface area contributed by atoms with Crippen molar-refractivity contribution in [2.75, 3.05) is 0 Å². The summed E-state index contributed by atoms with van der Waals surface area (Å²) in [4.78, 5) is 10.3. The molecule has 0 heterocycles. The molecule has 0 saturated carbocycles. The third-order valence-corrected chi connectivity index (χ3v) is 2.18. The highest BCUT2D eigenvalue weighted by molar-refractivity contribution is 6.30. The van der Waals surface area contributed by atoms with Crippen molar-refractivity contribution in [3.8, 4) is 0 Å². The van der Waals surface area contributed by atoms with Crippen LogP contribution in [0.15, 0.2) is 18.2 Å². The van der Waals surface area contributed by atoms with E-state index in [1.165, 1.54) is 18.2 Å². The minimum atomic E-state index is -2.61. The van der Waals surface area contributed by atoms with E-state index < -0.39 is 12.4 Å². The van der Waals surface area contributed by atoms with Crippen LogP contribution in [0.25, 0.3) is 0 Å². The second-order valence-corrected chi connectivity index (χ2v) is 3.47. The van der Waals surface area contributed by atoms with Crippen molar-refractivity contribution in [1.82, 2.24) is 0 Å². The molecule has 0 saturated heterocycles. The second-order valence-electron chi connectivity index (χ2n) is 3.04. The number of aryl methyl sites for hydroxylation is 1. The maximum atomic E-state index is 12.5. The van der Waals surface area contributed by atoms with E-state index in [1.807, 2.05) is 0 Å². The summed E-state index contributed by atoms with van der Waals surface area (Å²) < 4.78 is 25.0. The van der Waals surface area contributed by atoms with Crippen LogP contribution in [-0.2, 0) is 11.2 Å². The smallest absolute Gasteiger partial charge is 0.303 e. The van der Waals surface area contributed by atoms with E-state index in [9.17, 15) is 13.6 Å². The van der Waals surface area contributed by atoms with Crippen LogP contribution in [0, 0.1) is 0 Å². The standard InChI is InChI=1S/C10H9ClF2O2/c11-7-2-3-8(10(12)13)6(5-7)1-4-9(14)15/h2-3,5,10H,1,4H2,(H,14,15). The maximum absolute atomic E-state index is 12.5. The van der Waals surface area contributed by atoms with E-state index in [4.69, 9.17) is 16.7 Å². The van der Waals surface area contributed by atoms with Crippen LogP contribution in [-0.4, -0.2) is 11.1 Å². The van der Waals surface area contributed by atoms with Gasteiger partial charge in [-0.05, 0) is 24.1 Å². The predicted molar refractivity (Wildman–Crippen MR) is 52.4 cm³/mol. The first-order chi connectivity index (χ1) is 7.00. The highest BCUT2D eigenvalue weighted by Crippen LogP contribution is 2.26. The molecule has 0 atom stereocenters. The lowest BCUT2D eigenvalue weighted by atomic mass is 10.0. The average Bonchev–Trinajstić information content (AvgIpc) is 2.14. The van der Waals surface area contributed by atoms with Crippen molar-refractivity contribution < 1.29 is 18.7 Å². The van der Waals surface area contributed by atoms with Crippen molar-refractivity contribution in [2.45, 2.75) is 19.3 Å². The summed E-state index contributed by atoms with van der Waals surface area (Å²) in [5.41, 5.74) is 0.139. The molecule has 0 spiro atoms. The molecule has 82 valence electrons. The SMILES string of the molecule is O=C(O)CCc1cc(Cl)ccc1C(F)F. The van der Waals surface area contributed by atoms with E-state index in [0.29, 0.717) is 10.6 Å². The number of aliphatic carboxylic acids is 1. The molecular weight excluding hydrogens is 226 g/mol. The Morgan fingerprint density at radius 1 is 1.47 bits per heavy atom. The van der Waals surface area contributed by atoms with Crippen LogP contribution in [0.4, 0.5) is 8.78 Å². The molecule has 0 bridgehead atoms. The molecule has 1 aromatic rings. The summed E-state index contributed by atoms with van der Waals surface area (Å²) in [6.45, 7) is 0. The summed E-state index contributed by atoms with van der Waals surface area (Å²) in [6, 6.07) is 3.98. The molecule has 0 aliphatic carbocycles. The zero-order valence-corrected chi connectivity index (χ0v) is 8.47. The van der Waals surface area contributed by atoms with Crippen LogP contribution in [0.1, 0.15) is 24.0 Å². The predicted octanol–water partition coefficient (Wildman–Crippen LogP) is 3.29. The van der Waals surface area contributed by atoms with Crippen molar-refractivity contribution in [3.05, 3.63) is 34.3 Å². The number of halogens is 3. The molecule has 1 aromatic carbocycles. The number of carbonyl (C=O) groups is 1. The maximum Gasteiger partial charge on any atom is 0.303 e. The molecule has 0 unspecified atom stereocenters. The first-order valence-electron chi connectivity index (χ1n) is 4.29. The van der Waals surface area contributed by atoms with Gasteiger partial charge in [0, 0.05) is 17.0 Å². The van der Waals surface area contributed by atoms with Gasteiger partial charge in [-0.2, -0.15) is 0 Å². The molecule has 0 fully saturated rings. The summed E-state index contributed by atoms with van der Waals surface area (Å²) in [6.07, 6.45) is -2.72. The van der Waals surface area contributed by atoms with Gasteiger partial charge in [0.05, 0.1) is 0 Å². The Hall–Kier alpha value is -1.16. The minimum Gasteiger partial charge on any atom is -0.481 e. The summed E-state index contributed by atoms with van der Waals surface area (Å²) >= 11 is 5.64. The lowest BCUT2D eigenvalue weighted by Gasteiger charge is -2.07. The molecule has 5 heteroatoms. The second kappa shape index (κ2) is 5.07. The van der Waals surface area contributed by atoms with Gasteiger partial charge in [-0.15, -0.1) is 0 Å². The van der Waals surface area contributed by atoms with Gasteiger partial charge in [0.1, 0.15) is 0 Å². The molecule has 2 nitrogen and oxygen atoms in total. The lowest BCUT2D eigenvalue weighted by Crippen LogP contribution is -2.01. The zero-order valence-electron chi connectivity index (χ0n) is 7.71. The fourth-order valence-corrected chi connectivity index (χ4v) is 1.44. The van der Waals surface area contributed by atoms with Crippen LogP contribution in [0.3, 0.4) is 0 Å². The van der Waals surface area contributed by atoms with Gasteiger partial charge in [-0.25, -0.2) is 8.78 Å². The van der Waals surface area contributed by atoms with Gasteiger partial charge in [0.15, 0.2) is 0 Å². The fraction of sp³-hybridized carbons (Fsp3) is 0.300. The van der Waals surface area contributed by atoms with E-state index in [1.54, 1.807) is 0 Å². The van der Waals surface area contributed by atoms with E-state index >= 15 is 0 Å². The van der Waals surface area contributed by atoms with Gasteiger partial charge in [0.2, 0.25) is 0 Å². The number of carboxylic acid groups (broad SMARTS) is 1. The van der Waals surface area contributed by atoms with Crippen molar-refractivity contribution in [3.63, 3.8) is 0 Å². The number of hydrogen-bond acceptors (Lipinski definition) is 1. The van der Waals surface area contributed by atoms with Gasteiger partial charge in [0.25, 0.3) is 6.43 Å². The van der Waals surface area contributed by atoms with Crippen LogP contribution >= 0.6 is 11.6 Å². The van der Waals surface area contributed by atoms with Crippen molar-refractivity contribution in [2.24, 2.45) is 0 Å². The van der Waals surface area contributed by atoms with E-state index in [0.717, 1.165) is 0 Å². The number of carboxylic acids is 1. The van der Waals surface area contributed by atoms with E-state index in [2.05, 4.69) is 0 Å². The molecule has 0 aromatic heterocycles. The third kappa shape index (κ3) is 3.47. The lowest BCUT2D eigenvalue weighted by molar-refractivity contribution is -0.136. The first-order valence-corrected chi connectivity index (χ1v) is 4.66. The highest BCUT2D eigenvalue weighted by atomic mass is 35.5. The van der Waals surface area contributed by atoms with Gasteiger partial charge >= 0.3 is 5.97 Å². The van der Waals surface area contributed by atoms with Crippen LogP contribution < -0.4 is 0 Å². The fourth-order valence-electron chi connectivity index (χ4n) is 1.25. The molecule has 0 aliphatic rings. The molecule has 1 rings (SSSR count). The summed E-state index contributed by atoms with van der Waals surface area (Å²) in [5.74, 6) is -1.02. The summed E-state index contributed by atoms with van der Waals surface area (Å²) in [7, 11) is 0. The highest BCUT2D eigenvalue weighted by Gasteiger charge is 2.13. The Kier molecular flexibility index (Phi) is 4.03. The van der Waals surface area contributed by atoms with Crippen LogP contribution in [0.5, 0.6) is 0 Å². The number of alkyl halides is 2. The van der Waals surface area contributed by atoms with Crippen molar-refractivity contribution >= 4 is 17.6 Å². The summed E-state index contributed by atoms with van der Waals surface area (Å²) in [5, 5.41) is 8.79. The average molecular weight is 235 g/mol. The minimum absolute atomic E-state index is 0.0650. The number of hydrogen-bond donors (Lipinski definition) is 1. The van der Waals surface area contributed by atoms with Gasteiger partial charge in [-0.3, -0.25) is 4.79 Å². The largest absolute Gasteiger partial charge is 0.481 e. The Labute approximate surface area is 90.5 Å². The molecule has 15 heavy (non-hydrogen) atoms. The Morgan fingerprint density at radius 3 is 2.67 bits per heavy atom. The topological polar surface area (TPSA) is 37.3 Å².